The number of hydrogen-bond donors (Lipinski definition) is 1. The molecule has 0 saturated heterocycles. The summed E-state index contributed by atoms with van der Waals surface area (Å²) in [5, 5.41) is 4.74. The lowest BCUT2D eigenvalue weighted by atomic mass is 10.1. The Bertz CT molecular complexity index is 529. The molecule has 0 aromatic carbocycles. The largest absolute Gasteiger partial charge is 0.390 e. The Kier molecular flexibility index (Phi) is 2.21. The highest BCUT2D eigenvalue weighted by atomic mass is 32.1. The summed E-state index contributed by atoms with van der Waals surface area (Å²) in [4.78, 5) is 5.75. The molecule has 0 fully saturated rings. The third-order valence-electron chi connectivity index (χ3n) is 2.95. The molecule has 0 radical (unpaired) electrons. The van der Waals surface area contributed by atoms with Gasteiger partial charge in [0.2, 0.25) is 0 Å². The molecule has 0 bridgehead atoms. The number of fused-ring (bicyclic) bond motifs is 1. The fourth-order valence-electron chi connectivity index (χ4n) is 2.16. The molecule has 0 aliphatic heterocycles. The average molecular weight is 235 g/mol. The average Bonchev–Trinajstić information content (AvgIpc) is 2.92. The molecule has 5 heteroatoms. The van der Waals surface area contributed by atoms with Crippen molar-refractivity contribution in [1.29, 1.82) is 0 Å². The van der Waals surface area contributed by atoms with Crippen LogP contribution >= 0.6 is 11.3 Å². The first-order valence-corrected chi connectivity index (χ1v) is 6.34. The lowest BCUT2D eigenvalue weighted by Crippen LogP contribution is -1.89. The van der Waals surface area contributed by atoms with E-state index in [4.69, 9.17) is 10.3 Å². The van der Waals surface area contributed by atoms with Gasteiger partial charge in [0.1, 0.15) is 0 Å². The molecule has 2 heterocycles. The maximum Gasteiger partial charge on any atom is 0.261 e. The number of anilines is 1. The fourth-order valence-corrected chi connectivity index (χ4v) is 3.31. The van der Waals surface area contributed by atoms with Crippen LogP contribution in [0.2, 0.25) is 0 Å². The summed E-state index contributed by atoms with van der Waals surface area (Å²) in [5.74, 6) is 1.33. The number of nitrogens with two attached hydrogens (primary N) is 1. The molecular weight excluding hydrogens is 222 g/mol. The van der Waals surface area contributed by atoms with Crippen LogP contribution in [-0.2, 0) is 19.3 Å². The van der Waals surface area contributed by atoms with E-state index in [0.717, 1.165) is 35.7 Å². The highest BCUT2D eigenvalue weighted by Gasteiger charge is 2.25. The van der Waals surface area contributed by atoms with Gasteiger partial charge in [-0.3, -0.25) is 0 Å². The lowest BCUT2D eigenvalue weighted by molar-refractivity contribution is 0.423. The summed E-state index contributed by atoms with van der Waals surface area (Å²) in [6, 6.07) is 0. The van der Waals surface area contributed by atoms with Crippen molar-refractivity contribution in [3.63, 3.8) is 0 Å². The Balaban J connectivity index is 2.12. The van der Waals surface area contributed by atoms with E-state index < -0.39 is 0 Å². The van der Waals surface area contributed by atoms with E-state index in [1.165, 1.54) is 16.9 Å². The minimum Gasteiger partial charge on any atom is -0.390 e. The first-order valence-electron chi connectivity index (χ1n) is 5.52. The van der Waals surface area contributed by atoms with Gasteiger partial charge in [-0.1, -0.05) is 12.1 Å². The Hall–Kier alpha value is -1.36. The molecule has 16 heavy (non-hydrogen) atoms. The van der Waals surface area contributed by atoms with Gasteiger partial charge in [-0.15, -0.1) is 11.3 Å². The van der Waals surface area contributed by atoms with Gasteiger partial charge in [-0.25, -0.2) is 0 Å². The number of nitrogens with zero attached hydrogens (tertiary/aromatic N) is 2. The van der Waals surface area contributed by atoms with Crippen LogP contribution in [-0.4, -0.2) is 10.1 Å². The fraction of sp³-hybridized carbons (Fsp3) is 0.455. The van der Waals surface area contributed by atoms with Crippen molar-refractivity contribution in [2.24, 2.45) is 0 Å². The molecule has 0 unspecified atom stereocenters. The molecule has 84 valence electrons. The predicted octanol–water partition coefficient (Wildman–Crippen LogP) is 2.43. The van der Waals surface area contributed by atoms with Crippen LogP contribution in [0.25, 0.3) is 11.5 Å². The number of nitrogen functional groups attached to an aromatic ring is 1. The van der Waals surface area contributed by atoms with Gasteiger partial charge in [0.05, 0.1) is 10.6 Å². The van der Waals surface area contributed by atoms with Crippen molar-refractivity contribution in [1.82, 2.24) is 10.1 Å². The summed E-state index contributed by atoms with van der Waals surface area (Å²) < 4.78 is 5.27. The van der Waals surface area contributed by atoms with Gasteiger partial charge < -0.3 is 10.3 Å². The molecule has 2 N–H and O–H groups in total. The van der Waals surface area contributed by atoms with Crippen molar-refractivity contribution >= 4 is 16.3 Å². The highest BCUT2D eigenvalue weighted by Crippen LogP contribution is 2.42. The molecule has 1 aliphatic rings. The van der Waals surface area contributed by atoms with E-state index in [2.05, 4.69) is 10.1 Å². The van der Waals surface area contributed by atoms with E-state index in [1.807, 2.05) is 6.92 Å². The summed E-state index contributed by atoms with van der Waals surface area (Å²) in [5.41, 5.74) is 8.34. The second-order valence-corrected chi connectivity index (χ2v) is 5.10. The van der Waals surface area contributed by atoms with Crippen molar-refractivity contribution in [2.75, 3.05) is 5.73 Å². The normalized spacial score (nSPS) is 14.3. The third-order valence-corrected chi connectivity index (χ3v) is 4.07. The summed E-state index contributed by atoms with van der Waals surface area (Å²) >= 11 is 1.67. The van der Waals surface area contributed by atoms with E-state index in [1.54, 1.807) is 11.3 Å². The Morgan fingerprint density at radius 2 is 2.31 bits per heavy atom. The second kappa shape index (κ2) is 3.59. The van der Waals surface area contributed by atoms with E-state index in [9.17, 15) is 0 Å². The van der Waals surface area contributed by atoms with Crippen LogP contribution in [0.5, 0.6) is 0 Å². The molecule has 0 saturated carbocycles. The molecular formula is C11H13N3OS. The minimum atomic E-state index is 0.591. The van der Waals surface area contributed by atoms with Crippen LogP contribution in [0.1, 0.15) is 29.6 Å². The maximum absolute atomic E-state index is 6.03. The number of rotatable bonds is 2. The SMILES string of the molecule is CCc1noc(-c2c(N)sc3c2CCC3)n1. The molecule has 1 aliphatic carbocycles. The molecule has 4 nitrogen and oxygen atoms in total. The summed E-state index contributed by atoms with van der Waals surface area (Å²) in [6.45, 7) is 2.01. The molecule has 3 rings (SSSR count). The van der Waals surface area contributed by atoms with Gasteiger partial charge in [0.25, 0.3) is 5.89 Å². The molecule has 0 amide bonds. The number of thiophene rings is 1. The first-order chi connectivity index (χ1) is 7.79. The van der Waals surface area contributed by atoms with Crippen molar-refractivity contribution in [2.45, 2.75) is 32.6 Å². The van der Waals surface area contributed by atoms with Gasteiger partial charge in [0.15, 0.2) is 5.82 Å². The third kappa shape index (κ3) is 1.35. The maximum atomic E-state index is 6.03. The van der Waals surface area contributed by atoms with Crippen LogP contribution in [0.3, 0.4) is 0 Å². The monoisotopic (exact) mass is 235 g/mol. The van der Waals surface area contributed by atoms with Crippen LogP contribution < -0.4 is 5.73 Å². The Labute approximate surface area is 97.5 Å². The highest BCUT2D eigenvalue weighted by molar-refractivity contribution is 7.16. The predicted molar refractivity (Wildman–Crippen MR) is 63.4 cm³/mol. The van der Waals surface area contributed by atoms with E-state index in [0.29, 0.717) is 5.89 Å². The molecule has 0 spiro atoms. The van der Waals surface area contributed by atoms with Crippen molar-refractivity contribution in [3.05, 3.63) is 16.3 Å². The standard InChI is InChI=1S/C11H13N3OS/c1-2-8-13-11(15-14-8)9-6-4-3-5-7(6)16-10(9)12/h2-5,12H2,1H3. The first kappa shape index (κ1) is 9.84. The quantitative estimate of drug-likeness (QED) is 0.868. The van der Waals surface area contributed by atoms with Gasteiger partial charge in [0, 0.05) is 11.3 Å². The Morgan fingerprint density at radius 1 is 1.44 bits per heavy atom. The number of hydrogen-bond acceptors (Lipinski definition) is 5. The summed E-state index contributed by atoms with van der Waals surface area (Å²) in [7, 11) is 0. The number of aryl methyl sites for hydroxylation is 2. The van der Waals surface area contributed by atoms with Gasteiger partial charge in [-0.2, -0.15) is 4.98 Å². The Morgan fingerprint density at radius 3 is 3.06 bits per heavy atom. The zero-order valence-corrected chi connectivity index (χ0v) is 9.93. The van der Waals surface area contributed by atoms with Crippen molar-refractivity contribution in [3.8, 4) is 11.5 Å². The smallest absolute Gasteiger partial charge is 0.261 e. The molecule has 2 aromatic rings. The topological polar surface area (TPSA) is 64.9 Å². The van der Waals surface area contributed by atoms with Crippen molar-refractivity contribution < 1.29 is 4.52 Å². The van der Waals surface area contributed by atoms with E-state index in [-0.39, 0.29) is 0 Å². The van der Waals surface area contributed by atoms with Crippen LogP contribution in [0.4, 0.5) is 5.00 Å². The lowest BCUT2D eigenvalue weighted by Gasteiger charge is -1.96. The minimum absolute atomic E-state index is 0.591. The number of aromatic nitrogens is 2. The second-order valence-electron chi connectivity index (χ2n) is 3.97. The summed E-state index contributed by atoms with van der Waals surface area (Å²) in [6.07, 6.45) is 4.22. The van der Waals surface area contributed by atoms with Gasteiger partial charge in [-0.05, 0) is 24.8 Å². The van der Waals surface area contributed by atoms with Crippen LogP contribution in [0, 0.1) is 0 Å². The zero-order valence-electron chi connectivity index (χ0n) is 9.12. The van der Waals surface area contributed by atoms with Crippen LogP contribution in [0.15, 0.2) is 4.52 Å². The molecule has 0 atom stereocenters. The molecule has 2 aromatic heterocycles. The van der Waals surface area contributed by atoms with Gasteiger partial charge >= 0.3 is 0 Å². The van der Waals surface area contributed by atoms with E-state index >= 15 is 0 Å². The zero-order chi connectivity index (χ0) is 11.1.